The van der Waals surface area contributed by atoms with Crippen molar-refractivity contribution in [2.45, 2.75) is 38.8 Å². The smallest absolute Gasteiger partial charge is 0.220 e. The second-order valence-corrected chi connectivity index (χ2v) is 8.71. The molecule has 6 nitrogen and oxygen atoms in total. The number of hydrogen-bond donors (Lipinski definition) is 1. The van der Waals surface area contributed by atoms with Gasteiger partial charge in [-0.2, -0.15) is 0 Å². The van der Waals surface area contributed by atoms with E-state index in [1.54, 1.807) is 7.11 Å². The van der Waals surface area contributed by atoms with E-state index in [4.69, 9.17) is 14.5 Å². The SMILES string of the molecule is C=CCc1ccc(OCCn2c(C(C)NC(=O)CCc3ccccc3)nc3ccccc32)c(OC)c1. The molecule has 0 fully saturated rings. The zero-order valence-corrected chi connectivity index (χ0v) is 20.9. The Labute approximate surface area is 212 Å². The number of nitrogens with zero attached hydrogens (tertiary/aromatic N) is 2. The molecule has 186 valence electrons. The van der Waals surface area contributed by atoms with Gasteiger partial charge < -0.3 is 19.4 Å². The molecule has 6 heteroatoms. The first-order valence-corrected chi connectivity index (χ1v) is 12.3. The molecule has 0 bridgehead atoms. The highest BCUT2D eigenvalue weighted by Crippen LogP contribution is 2.29. The highest BCUT2D eigenvalue weighted by atomic mass is 16.5. The second-order valence-electron chi connectivity index (χ2n) is 8.71. The molecule has 4 rings (SSSR count). The van der Waals surface area contributed by atoms with Crippen LogP contribution in [0.3, 0.4) is 0 Å². The fourth-order valence-electron chi connectivity index (χ4n) is 4.31. The molecule has 0 saturated carbocycles. The van der Waals surface area contributed by atoms with Gasteiger partial charge in [0, 0.05) is 6.42 Å². The zero-order valence-electron chi connectivity index (χ0n) is 20.9. The molecule has 0 radical (unpaired) electrons. The zero-order chi connectivity index (χ0) is 25.3. The first-order chi connectivity index (χ1) is 17.6. The Bertz CT molecular complexity index is 1310. The summed E-state index contributed by atoms with van der Waals surface area (Å²) in [6.07, 6.45) is 3.77. The Balaban J connectivity index is 1.45. The molecule has 0 spiro atoms. The number of amides is 1. The molecular formula is C30H33N3O3. The Morgan fingerprint density at radius 2 is 1.83 bits per heavy atom. The molecule has 1 unspecified atom stereocenters. The number of allylic oxidation sites excluding steroid dienone is 1. The number of fused-ring (bicyclic) bond motifs is 1. The maximum absolute atomic E-state index is 12.7. The molecule has 0 saturated heterocycles. The quantitative estimate of drug-likeness (QED) is 0.264. The maximum atomic E-state index is 12.7. The Morgan fingerprint density at radius 3 is 2.61 bits per heavy atom. The summed E-state index contributed by atoms with van der Waals surface area (Å²) in [5.74, 6) is 2.20. The lowest BCUT2D eigenvalue weighted by molar-refractivity contribution is -0.121. The lowest BCUT2D eigenvalue weighted by atomic mass is 10.1. The molecule has 36 heavy (non-hydrogen) atoms. The Morgan fingerprint density at radius 1 is 1.06 bits per heavy atom. The molecule has 1 N–H and O–H groups in total. The maximum Gasteiger partial charge on any atom is 0.220 e. The fraction of sp³-hybridized carbons (Fsp3) is 0.267. The van der Waals surface area contributed by atoms with Crippen molar-refractivity contribution in [1.82, 2.24) is 14.9 Å². The molecule has 0 aliphatic rings. The van der Waals surface area contributed by atoms with Crippen LogP contribution in [0, 0.1) is 0 Å². The molecule has 0 aliphatic carbocycles. The third-order valence-electron chi connectivity index (χ3n) is 6.11. The average Bonchev–Trinajstić information content (AvgIpc) is 3.27. The van der Waals surface area contributed by atoms with Crippen molar-refractivity contribution in [3.8, 4) is 11.5 Å². The van der Waals surface area contributed by atoms with Crippen LogP contribution in [0.4, 0.5) is 0 Å². The molecule has 1 heterocycles. The van der Waals surface area contributed by atoms with Crippen LogP contribution in [0.5, 0.6) is 11.5 Å². The number of hydrogen-bond acceptors (Lipinski definition) is 4. The van der Waals surface area contributed by atoms with E-state index < -0.39 is 0 Å². The number of methoxy groups -OCH3 is 1. The van der Waals surface area contributed by atoms with Crippen molar-refractivity contribution >= 4 is 16.9 Å². The number of nitrogens with one attached hydrogen (secondary N) is 1. The van der Waals surface area contributed by atoms with Crippen molar-refractivity contribution in [1.29, 1.82) is 0 Å². The van der Waals surface area contributed by atoms with Gasteiger partial charge in [0.2, 0.25) is 5.91 Å². The second kappa shape index (κ2) is 12.1. The summed E-state index contributed by atoms with van der Waals surface area (Å²) < 4.78 is 13.7. The van der Waals surface area contributed by atoms with Gasteiger partial charge in [-0.15, -0.1) is 6.58 Å². The molecule has 3 aromatic carbocycles. The summed E-state index contributed by atoms with van der Waals surface area (Å²) in [7, 11) is 1.64. The molecule has 1 aromatic heterocycles. The van der Waals surface area contributed by atoms with Crippen LogP contribution in [0.15, 0.2) is 85.5 Å². The number of ether oxygens (including phenoxy) is 2. The lowest BCUT2D eigenvalue weighted by Gasteiger charge is -2.17. The van der Waals surface area contributed by atoms with Crippen molar-refractivity contribution in [2.75, 3.05) is 13.7 Å². The van der Waals surface area contributed by atoms with Gasteiger partial charge in [-0.05, 0) is 55.2 Å². The van der Waals surface area contributed by atoms with Crippen LogP contribution in [0.2, 0.25) is 0 Å². The molecular weight excluding hydrogens is 450 g/mol. The summed E-state index contributed by atoms with van der Waals surface area (Å²) in [6, 6.07) is 23.7. The number of aromatic nitrogens is 2. The number of rotatable bonds is 12. The van der Waals surface area contributed by atoms with Gasteiger partial charge in [0.15, 0.2) is 11.5 Å². The fourth-order valence-corrected chi connectivity index (χ4v) is 4.31. The summed E-state index contributed by atoms with van der Waals surface area (Å²) in [5, 5.41) is 3.12. The van der Waals surface area contributed by atoms with Crippen molar-refractivity contribution < 1.29 is 14.3 Å². The summed E-state index contributed by atoms with van der Waals surface area (Å²) in [5.41, 5.74) is 4.17. The third-order valence-corrected chi connectivity index (χ3v) is 6.11. The van der Waals surface area contributed by atoms with Crippen LogP contribution < -0.4 is 14.8 Å². The van der Waals surface area contributed by atoms with E-state index in [0.29, 0.717) is 37.5 Å². The minimum absolute atomic E-state index is 0.00515. The van der Waals surface area contributed by atoms with Crippen LogP contribution in [-0.2, 0) is 24.2 Å². The molecule has 4 aromatic rings. The number of carbonyl (C=O) groups excluding carboxylic acids is 1. The normalized spacial score (nSPS) is 11.7. The van der Waals surface area contributed by atoms with Crippen LogP contribution in [0.1, 0.15) is 36.3 Å². The first-order valence-electron chi connectivity index (χ1n) is 12.3. The van der Waals surface area contributed by atoms with Crippen molar-refractivity contribution in [2.24, 2.45) is 0 Å². The minimum atomic E-state index is -0.242. The van der Waals surface area contributed by atoms with Gasteiger partial charge in [0.1, 0.15) is 12.4 Å². The van der Waals surface area contributed by atoms with Gasteiger partial charge in [-0.3, -0.25) is 4.79 Å². The lowest BCUT2D eigenvalue weighted by Crippen LogP contribution is -2.29. The highest BCUT2D eigenvalue weighted by Gasteiger charge is 2.18. The number of carbonyl (C=O) groups is 1. The molecule has 1 amide bonds. The number of para-hydroxylation sites is 2. The number of benzene rings is 3. The average molecular weight is 484 g/mol. The topological polar surface area (TPSA) is 65.4 Å². The monoisotopic (exact) mass is 483 g/mol. The third kappa shape index (κ3) is 6.13. The van der Waals surface area contributed by atoms with E-state index in [1.165, 1.54) is 0 Å². The van der Waals surface area contributed by atoms with Crippen LogP contribution in [0.25, 0.3) is 11.0 Å². The Kier molecular flexibility index (Phi) is 8.40. The predicted molar refractivity (Wildman–Crippen MR) is 143 cm³/mol. The van der Waals surface area contributed by atoms with Gasteiger partial charge >= 0.3 is 0 Å². The van der Waals surface area contributed by atoms with Crippen LogP contribution in [-0.4, -0.2) is 29.2 Å². The number of imidazole rings is 1. The van der Waals surface area contributed by atoms with Crippen molar-refractivity contribution in [3.05, 3.63) is 102 Å². The molecule has 0 aliphatic heterocycles. The van der Waals surface area contributed by atoms with E-state index in [0.717, 1.165) is 34.4 Å². The first kappa shape index (κ1) is 25.0. The van der Waals surface area contributed by atoms with E-state index in [-0.39, 0.29) is 11.9 Å². The van der Waals surface area contributed by atoms with Gasteiger partial charge in [-0.1, -0.05) is 54.6 Å². The summed E-state index contributed by atoms with van der Waals surface area (Å²) in [4.78, 5) is 17.5. The van der Waals surface area contributed by atoms with E-state index in [2.05, 4.69) is 16.5 Å². The van der Waals surface area contributed by atoms with E-state index >= 15 is 0 Å². The predicted octanol–water partition coefficient (Wildman–Crippen LogP) is 5.66. The number of aryl methyl sites for hydroxylation is 1. The highest BCUT2D eigenvalue weighted by molar-refractivity contribution is 5.78. The Hall–Kier alpha value is -4.06. The van der Waals surface area contributed by atoms with Crippen LogP contribution >= 0.6 is 0 Å². The minimum Gasteiger partial charge on any atom is -0.493 e. The van der Waals surface area contributed by atoms with Gasteiger partial charge in [0.25, 0.3) is 0 Å². The largest absolute Gasteiger partial charge is 0.493 e. The van der Waals surface area contributed by atoms with Gasteiger partial charge in [-0.25, -0.2) is 4.98 Å². The van der Waals surface area contributed by atoms with Gasteiger partial charge in [0.05, 0.1) is 30.7 Å². The van der Waals surface area contributed by atoms with E-state index in [1.807, 2.05) is 85.8 Å². The summed E-state index contributed by atoms with van der Waals surface area (Å²) >= 11 is 0. The van der Waals surface area contributed by atoms with Crippen molar-refractivity contribution in [3.63, 3.8) is 0 Å². The summed E-state index contributed by atoms with van der Waals surface area (Å²) in [6.45, 7) is 6.78. The van der Waals surface area contributed by atoms with E-state index in [9.17, 15) is 4.79 Å². The molecule has 1 atom stereocenters. The standard InChI is InChI=1S/C30H33N3O3/c1-4-10-24-15-17-27(28(21-24)35-3)36-20-19-33-26-14-9-8-13-25(26)32-30(33)22(2)31-29(34)18-16-23-11-6-5-7-12-23/h4-9,11-15,17,21-22H,1,10,16,18-20H2,2-3H3,(H,31,34).